The summed E-state index contributed by atoms with van der Waals surface area (Å²) in [7, 11) is 0. The summed E-state index contributed by atoms with van der Waals surface area (Å²) in [6.45, 7) is 1.18. The highest BCUT2D eigenvalue weighted by molar-refractivity contribution is 7.12. The summed E-state index contributed by atoms with van der Waals surface area (Å²) < 4.78 is 0. The topological polar surface area (TPSA) is 49.4 Å². The average molecular weight is 405 g/mol. The fourth-order valence-electron chi connectivity index (χ4n) is 3.84. The van der Waals surface area contributed by atoms with Gasteiger partial charge < -0.3 is 10.2 Å². The number of piperidine rings is 1. The lowest BCUT2D eigenvalue weighted by Crippen LogP contribution is -2.46. The third-order valence-electron chi connectivity index (χ3n) is 5.36. The number of amides is 2. The number of likely N-dealkylation sites (tertiary alicyclic amines) is 1. The Morgan fingerprint density at radius 1 is 0.931 bits per heavy atom. The van der Waals surface area contributed by atoms with Crippen LogP contribution in [-0.2, 0) is 4.79 Å². The van der Waals surface area contributed by atoms with Gasteiger partial charge in [-0.05, 0) is 35.4 Å². The molecule has 2 amide bonds. The summed E-state index contributed by atoms with van der Waals surface area (Å²) in [5.74, 6) is -0.158. The second kappa shape index (κ2) is 9.05. The molecule has 1 aliphatic heterocycles. The number of carbonyl (C=O) groups excluding carboxylic acids is 2. The van der Waals surface area contributed by atoms with E-state index in [0.717, 1.165) is 28.8 Å². The van der Waals surface area contributed by atoms with Crippen molar-refractivity contribution in [2.75, 3.05) is 13.1 Å². The maximum Gasteiger partial charge on any atom is 0.263 e. The van der Waals surface area contributed by atoms with Crippen LogP contribution < -0.4 is 5.32 Å². The largest absolute Gasteiger partial charge is 0.345 e. The molecule has 2 heterocycles. The molecule has 4 rings (SSSR count). The Balaban J connectivity index is 1.49. The molecule has 0 saturated carbocycles. The molecule has 0 bridgehead atoms. The second-order valence-electron chi connectivity index (χ2n) is 7.33. The molecule has 3 aromatic rings. The highest BCUT2D eigenvalue weighted by atomic mass is 32.1. The molecule has 0 aliphatic carbocycles. The van der Waals surface area contributed by atoms with Gasteiger partial charge in [-0.25, -0.2) is 0 Å². The minimum atomic E-state index is -0.201. The van der Waals surface area contributed by atoms with E-state index in [-0.39, 0.29) is 23.8 Å². The van der Waals surface area contributed by atoms with E-state index in [0.29, 0.717) is 13.1 Å². The van der Waals surface area contributed by atoms with Gasteiger partial charge in [0.2, 0.25) is 5.91 Å². The van der Waals surface area contributed by atoms with Gasteiger partial charge in [0.25, 0.3) is 5.91 Å². The van der Waals surface area contributed by atoms with E-state index in [2.05, 4.69) is 5.32 Å². The first kappa shape index (κ1) is 19.4. The highest BCUT2D eigenvalue weighted by Crippen LogP contribution is 2.25. The average Bonchev–Trinajstić information content (AvgIpc) is 3.33. The molecule has 1 saturated heterocycles. The lowest BCUT2D eigenvalue weighted by atomic mass is 9.94. The van der Waals surface area contributed by atoms with Gasteiger partial charge in [-0.2, -0.15) is 0 Å². The van der Waals surface area contributed by atoms with Crippen molar-refractivity contribution in [3.8, 4) is 0 Å². The molecule has 1 N–H and O–H groups in total. The maximum absolute atomic E-state index is 13.2. The van der Waals surface area contributed by atoms with Crippen LogP contribution in [0.15, 0.2) is 78.2 Å². The van der Waals surface area contributed by atoms with Crippen molar-refractivity contribution < 1.29 is 9.59 Å². The van der Waals surface area contributed by atoms with Crippen molar-refractivity contribution in [3.63, 3.8) is 0 Å². The van der Waals surface area contributed by atoms with E-state index in [4.69, 9.17) is 0 Å². The summed E-state index contributed by atoms with van der Waals surface area (Å²) >= 11 is 1.45. The number of nitrogens with one attached hydrogen (secondary N) is 1. The number of carbonyl (C=O) groups is 2. The van der Waals surface area contributed by atoms with Crippen LogP contribution in [0.1, 0.15) is 39.7 Å². The van der Waals surface area contributed by atoms with Crippen LogP contribution in [0.25, 0.3) is 0 Å². The SMILES string of the molecule is O=C(NC(c1ccccc1)c1ccccc1)C1CCCN(C(=O)c2cccs2)C1. The summed E-state index contributed by atoms with van der Waals surface area (Å²) in [5, 5.41) is 5.15. The van der Waals surface area contributed by atoms with Crippen molar-refractivity contribution in [1.29, 1.82) is 0 Å². The van der Waals surface area contributed by atoms with E-state index in [1.54, 1.807) is 0 Å². The second-order valence-corrected chi connectivity index (χ2v) is 8.28. The van der Waals surface area contributed by atoms with E-state index in [9.17, 15) is 9.59 Å². The molecule has 1 aliphatic rings. The van der Waals surface area contributed by atoms with E-state index >= 15 is 0 Å². The third kappa shape index (κ3) is 4.57. The summed E-state index contributed by atoms with van der Waals surface area (Å²) in [5.41, 5.74) is 2.10. The first-order valence-corrected chi connectivity index (χ1v) is 10.8. The molecule has 5 heteroatoms. The van der Waals surface area contributed by atoms with Gasteiger partial charge in [-0.15, -0.1) is 11.3 Å². The zero-order valence-electron chi connectivity index (χ0n) is 16.2. The van der Waals surface area contributed by atoms with Crippen LogP contribution in [0.4, 0.5) is 0 Å². The Bertz CT molecular complexity index is 902. The molecule has 1 unspecified atom stereocenters. The van der Waals surface area contributed by atoms with Crippen molar-refractivity contribution in [2.24, 2.45) is 5.92 Å². The molecule has 0 radical (unpaired) electrons. The first-order chi connectivity index (χ1) is 14.2. The van der Waals surface area contributed by atoms with Crippen molar-refractivity contribution in [1.82, 2.24) is 10.2 Å². The standard InChI is InChI=1S/C24H24N2O2S/c27-23(20-13-7-15-26(17-20)24(28)21-14-8-16-29-21)25-22(18-9-3-1-4-10-18)19-11-5-2-6-12-19/h1-6,8-12,14,16,20,22H,7,13,15,17H2,(H,25,27). The molecule has 1 atom stereocenters. The molecule has 148 valence electrons. The Morgan fingerprint density at radius 3 is 2.17 bits per heavy atom. The first-order valence-electron chi connectivity index (χ1n) is 9.95. The maximum atomic E-state index is 13.2. The van der Waals surface area contributed by atoms with Gasteiger partial charge in [0.15, 0.2) is 0 Å². The number of thiophene rings is 1. The molecular formula is C24H24N2O2S. The molecule has 29 heavy (non-hydrogen) atoms. The Labute approximate surface area is 175 Å². The van der Waals surface area contributed by atoms with Crippen LogP contribution in [0.2, 0.25) is 0 Å². The number of nitrogens with zero attached hydrogens (tertiary/aromatic N) is 1. The lowest BCUT2D eigenvalue weighted by molar-refractivity contribution is -0.126. The van der Waals surface area contributed by atoms with Crippen LogP contribution in [0.5, 0.6) is 0 Å². The van der Waals surface area contributed by atoms with Gasteiger partial charge in [0, 0.05) is 13.1 Å². The van der Waals surface area contributed by atoms with E-state index < -0.39 is 0 Å². The fraction of sp³-hybridized carbons (Fsp3) is 0.250. The van der Waals surface area contributed by atoms with Gasteiger partial charge in [-0.3, -0.25) is 9.59 Å². The molecular weight excluding hydrogens is 380 g/mol. The molecule has 1 fully saturated rings. The van der Waals surface area contributed by atoms with E-state index in [1.807, 2.05) is 83.1 Å². The van der Waals surface area contributed by atoms with Crippen LogP contribution in [0, 0.1) is 5.92 Å². The predicted octanol–water partition coefficient (Wildman–Crippen LogP) is 4.51. The quantitative estimate of drug-likeness (QED) is 0.680. The lowest BCUT2D eigenvalue weighted by Gasteiger charge is -2.33. The third-order valence-corrected chi connectivity index (χ3v) is 6.22. The Hall–Kier alpha value is -2.92. The van der Waals surface area contributed by atoms with E-state index in [1.165, 1.54) is 11.3 Å². The highest BCUT2D eigenvalue weighted by Gasteiger charge is 2.30. The Kier molecular flexibility index (Phi) is 6.06. The van der Waals surface area contributed by atoms with Gasteiger partial charge in [0.05, 0.1) is 16.8 Å². The van der Waals surface area contributed by atoms with Crippen LogP contribution >= 0.6 is 11.3 Å². The molecule has 4 nitrogen and oxygen atoms in total. The number of rotatable bonds is 5. The van der Waals surface area contributed by atoms with Gasteiger partial charge in [-0.1, -0.05) is 66.7 Å². The van der Waals surface area contributed by atoms with Crippen molar-refractivity contribution in [2.45, 2.75) is 18.9 Å². The molecule has 1 aromatic heterocycles. The number of benzene rings is 2. The van der Waals surface area contributed by atoms with Gasteiger partial charge >= 0.3 is 0 Å². The predicted molar refractivity (Wildman–Crippen MR) is 116 cm³/mol. The normalized spacial score (nSPS) is 16.6. The molecule has 2 aromatic carbocycles. The summed E-state index contributed by atoms with van der Waals surface area (Å²) in [6, 6.07) is 23.6. The van der Waals surface area contributed by atoms with Crippen molar-refractivity contribution >= 4 is 23.2 Å². The van der Waals surface area contributed by atoms with Crippen molar-refractivity contribution in [3.05, 3.63) is 94.2 Å². The van der Waals surface area contributed by atoms with Crippen LogP contribution in [0.3, 0.4) is 0 Å². The Morgan fingerprint density at radius 2 is 1.59 bits per heavy atom. The summed E-state index contributed by atoms with van der Waals surface area (Å²) in [6.07, 6.45) is 1.65. The minimum absolute atomic E-state index is 0.00591. The monoisotopic (exact) mass is 404 g/mol. The minimum Gasteiger partial charge on any atom is -0.345 e. The van der Waals surface area contributed by atoms with Crippen LogP contribution in [-0.4, -0.2) is 29.8 Å². The fourth-order valence-corrected chi connectivity index (χ4v) is 4.53. The zero-order chi connectivity index (χ0) is 20.1. The number of hydrogen-bond acceptors (Lipinski definition) is 3. The summed E-state index contributed by atoms with van der Waals surface area (Å²) in [4.78, 5) is 28.4. The smallest absolute Gasteiger partial charge is 0.263 e. The zero-order valence-corrected chi connectivity index (χ0v) is 17.0. The number of hydrogen-bond donors (Lipinski definition) is 1. The molecule has 0 spiro atoms. The van der Waals surface area contributed by atoms with Gasteiger partial charge in [0.1, 0.15) is 0 Å².